The number of carbonyl (C=O) groups excluding carboxylic acids is 1. The van der Waals surface area contributed by atoms with Crippen LogP contribution in [0.15, 0.2) is 60.7 Å². The number of benzene rings is 2. The van der Waals surface area contributed by atoms with E-state index in [9.17, 15) is 4.79 Å². The van der Waals surface area contributed by atoms with E-state index in [1.54, 1.807) is 0 Å². The summed E-state index contributed by atoms with van der Waals surface area (Å²) in [5.41, 5.74) is 1.76. The van der Waals surface area contributed by atoms with Crippen molar-refractivity contribution < 1.29 is 9.53 Å². The summed E-state index contributed by atoms with van der Waals surface area (Å²) in [4.78, 5) is 16.0. The van der Waals surface area contributed by atoms with Crippen LogP contribution in [0.3, 0.4) is 0 Å². The highest BCUT2D eigenvalue weighted by Gasteiger charge is 2.73. The van der Waals surface area contributed by atoms with E-state index in [-0.39, 0.29) is 29.1 Å². The lowest BCUT2D eigenvalue weighted by Gasteiger charge is -2.51. The Morgan fingerprint density at radius 2 is 1.56 bits per heavy atom. The second kappa shape index (κ2) is 5.68. The number of hydrogen-bond donors (Lipinski definition) is 0. The van der Waals surface area contributed by atoms with Crippen LogP contribution in [-0.2, 0) is 9.53 Å². The van der Waals surface area contributed by atoms with E-state index >= 15 is 0 Å². The topological polar surface area (TPSA) is 29.3 Å². The van der Waals surface area contributed by atoms with E-state index in [1.807, 2.05) is 36.4 Å². The molecule has 1 aliphatic carbocycles. The SMILES string of the molecule is CC1(C)OC2(C)CCC1C1C2N1C(=O)C(c1ccccc1)c1ccccc1. The van der Waals surface area contributed by atoms with Crippen LogP contribution in [0.5, 0.6) is 0 Å². The number of amides is 1. The highest BCUT2D eigenvalue weighted by molar-refractivity contribution is 5.90. The van der Waals surface area contributed by atoms with Gasteiger partial charge in [-0.25, -0.2) is 0 Å². The van der Waals surface area contributed by atoms with Gasteiger partial charge in [0.1, 0.15) is 0 Å². The Kier molecular flexibility index (Phi) is 3.58. The zero-order valence-electron chi connectivity index (χ0n) is 16.3. The largest absolute Gasteiger partial charge is 0.367 e. The zero-order valence-corrected chi connectivity index (χ0v) is 16.3. The molecule has 0 spiro atoms. The smallest absolute Gasteiger partial charge is 0.235 e. The molecule has 27 heavy (non-hydrogen) atoms. The van der Waals surface area contributed by atoms with E-state index in [2.05, 4.69) is 49.9 Å². The minimum Gasteiger partial charge on any atom is -0.367 e. The highest BCUT2D eigenvalue weighted by atomic mass is 16.5. The molecular weight excluding hydrogens is 334 g/mol. The second-order valence-corrected chi connectivity index (χ2v) is 9.10. The Labute approximate surface area is 161 Å². The van der Waals surface area contributed by atoms with E-state index < -0.39 is 0 Å². The van der Waals surface area contributed by atoms with Crippen molar-refractivity contribution in [3.63, 3.8) is 0 Å². The highest BCUT2D eigenvalue weighted by Crippen LogP contribution is 2.61. The van der Waals surface area contributed by atoms with Crippen LogP contribution in [-0.4, -0.2) is 34.1 Å². The third-order valence-electron chi connectivity index (χ3n) is 7.00. The lowest BCUT2D eigenvalue weighted by Crippen LogP contribution is -2.58. The first-order chi connectivity index (χ1) is 12.9. The number of fused-ring (bicyclic) bond motifs is 2. The van der Waals surface area contributed by atoms with E-state index in [1.165, 1.54) is 0 Å². The first kappa shape index (κ1) is 17.0. The molecule has 4 fully saturated rings. The second-order valence-electron chi connectivity index (χ2n) is 9.10. The Hall–Kier alpha value is -2.13. The fourth-order valence-electron chi connectivity index (χ4n) is 5.83. The monoisotopic (exact) mass is 361 g/mol. The molecule has 0 aromatic heterocycles. The molecule has 3 nitrogen and oxygen atoms in total. The Balaban J connectivity index is 1.53. The van der Waals surface area contributed by atoms with E-state index in [0.717, 1.165) is 24.0 Å². The van der Waals surface area contributed by atoms with Crippen molar-refractivity contribution >= 4 is 5.91 Å². The number of carbonyl (C=O) groups is 1. The van der Waals surface area contributed by atoms with Crippen LogP contribution >= 0.6 is 0 Å². The van der Waals surface area contributed by atoms with E-state index in [0.29, 0.717) is 12.0 Å². The molecule has 140 valence electrons. The molecule has 2 aromatic carbocycles. The van der Waals surface area contributed by atoms with Gasteiger partial charge in [-0.15, -0.1) is 0 Å². The average molecular weight is 361 g/mol. The van der Waals surface area contributed by atoms with Crippen molar-refractivity contribution in [1.29, 1.82) is 0 Å². The molecule has 3 aliphatic heterocycles. The van der Waals surface area contributed by atoms with Crippen molar-refractivity contribution in [1.82, 2.24) is 4.90 Å². The lowest BCUT2D eigenvalue weighted by atomic mass is 9.69. The Morgan fingerprint density at radius 3 is 2.07 bits per heavy atom. The van der Waals surface area contributed by atoms with Gasteiger partial charge in [0.15, 0.2) is 0 Å². The number of nitrogens with zero attached hydrogens (tertiary/aromatic N) is 1. The number of ether oxygens (including phenoxy) is 1. The molecule has 2 aromatic rings. The van der Waals surface area contributed by atoms with Crippen molar-refractivity contribution in [3.8, 4) is 0 Å². The molecule has 6 rings (SSSR count). The van der Waals surface area contributed by atoms with Gasteiger partial charge in [-0.2, -0.15) is 0 Å². The molecule has 4 atom stereocenters. The standard InChI is InChI=1S/C24H27NO2/c1-23(2)18-14-15-24(3,27-23)21-20(18)25(21)22(26)19(16-10-6-4-7-11-16)17-12-8-5-9-13-17/h4-13,18-21H,14-15H2,1-3H3. The van der Waals surface area contributed by atoms with Crippen molar-refractivity contribution in [2.45, 2.75) is 62.8 Å². The lowest BCUT2D eigenvalue weighted by molar-refractivity contribution is -0.214. The summed E-state index contributed by atoms with van der Waals surface area (Å²) in [7, 11) is 0. The van der Waals surface area contributed by atoms with Crippen LogP contribution in [0, 0.1) is 5.92 Å². The van der Waals surface area contributed by atoms with Gasteiger partial charge < -0.3 is 9.64 Å². The number of hydrogen-bond acceptors (Lipinski definition) is 2. The normalized spacial score (nSPS) is 33.0. The summed E-state index contributed by atoms with van der Waals surface area (Å²) in [6.45, 7) is 6.59. The zero-order chi connectivity index (χ0) is 18.8. The molecule has 1 saturated carbocycles. The molecule has 0 radical (unpaired) electrons. The maximum Gasteiger partial charge on any atom is 0.235 e. The van der Waals surface area contributed by atoms with E-state index in [4.69, 9.17) is 4.74 Å². The molecule has 3 heterocycles. The first-order valence-corrected chi connectivity index (χ1v) is 10.0. The van der Waals surface area contributed by atoms with Gasteiger partial charge in [-0.3, -0.25) is 4.79 Å². The van der Waals surface area contributed by atoms with Gasteiger partial charge in [0, 0.05) is 5.92 Å². The van der Waals surface area contributed by atoms with Crippen molar-refractivity contribution in [3.05, 3.63) is 71.8 Å². The molecule has 4 unspecified atom stereocenters. The summed E-state index contributed by atoms with van der Waals surface area (Å²) in [5.74, 6) is 0.409. The average Bonchev–Trinajstić information content (AvgIpc) is 3.40. The Bertz CT molecular complexity index is 823. The summed E-state index contributed by atoms with van der Waals surface area (Å²) in [6.07, 6.45) is 2.20. The van der Waals surface area contributed by atoms with Gasteiger partial charge >= 0.3 is 0 Å². The molecule has 3 saturated heterocycles. The molecule has 1 amide bonds. The van der Waals surface area contributed by atoms with Gasteiger partial charge in [-0.05, 0) is 44.7 Å². The number of rotatable bonds is 3. The van der Waals surface area contributed by atoms with Crippen molar-refractivity contribution in [2.24, 2.45) is 5.92 Å². The summed E-state index contributed by atoms with van der Waals surface area (Å²) in [6, 6.07) is 20.9. The van der Waals surface area contributed by atoms with Crippen LogP contribution in [0.4, 0.5) is 0 Å². The first-order valence-electron chi connectivity index (χ1n) is 10.0. The predicted molar refractivity (Wildman–Crippen MR) is 105 cm³/mol. The summed E-state index contributed by atoms with van der Waals surface area (Å²) in [5, 5.41) is 0. The van der Waals surface area contributed by atoms with Crippen LogP contribution in [0.2, 0.25) is 0 Å². The summed E-state index contributed by atoms with van der Waals surface area (Å²) < 4.78 is 6.49. The van der Waals surface area contributed by atoms with Gasteiger partial charge in [0.25, 0.3) is 0 Å². The Morgan fingerprint density at radius 1 is 1.00 bits per heavy atom. The van der Waals surface area contributed by atoms with Gasteiger partial charge in [0.2, 0.25) is 5.91 Å². The van der Waals surface area contributed by atoms with Crippen LogP contribution in [0.1, 0.15) is 50.7 Å². The third-order valence-corrected chi connectivity index (χ3v) is 7.00. The minimum absolute atomic E-state index is 0.155. The fourth-order valence-corrected chi connectivity index (χ4v) is 5.83. The maximum atomic E-state index is 13.8. The molecule has 3 heteroatoms. The number of likely N-dealkylation sites (tertiary alicyclic amines) is 1. The molecule has 2 bridgehead atoms. The van der Waals surface area contributed by atoms with Crippen LogP contribution in [0.25, 0.3) is 0 Å². The quantitative estimate of drug-likeness (QED) is 0.760. The van der Waals surface area contributed by atoms with Gasteiger partial charge in [-0.1, -0.05) is 60.7 Å². The molecule has 4 aliphatic rings. The molecule has 0 N–H and O–H groups in total. The maximum absolute atomic E-state index is 13.8. The fraction of sp³-hybridized carbons (Fsp3) is 0.458. The van der Waals surface area contributed by atoms with Gasteiger partial charge in [0.05, 0.1) is 29.2 Å². The van der Waals surface area contributed by atoms with Crippen molar-refractivity contribution in [2.75, 3.05) is 0 Å². The summed E-state index contributed by atoms with van der Waals surface area (Å²) >= 11 is 0. The van der Waals surface area contributed by atoms with Crippen LogP contribution < -0.4 is 0 Å². The predicted octanol–water partition coefficient (Wildman–Crippen LogP) is 4.38. The molecular formula is C24H27NO2. The minimum atomic E-state index is -0.246. The third kappa shape index (κ3) is 2.48.